The average Bonchev–Trinajstić information content (AvgIpc) is 2.66. The number of hydrogen-bond donors (Lipinski definition) is 2. The first kappa shape index (κ1) is 21.5. The minimum atomic E-state index is -4.44. The van der Waals surface area contributed by atoms with E-state index in [9.17, 15) is 17.6 Å². The molecule has 0 aliphatic heterocycles. The summed E-state index contributed by atoms with van der Waals surface area (Å²) in [5.41, 5.74) is 1.42. The Labute approximate surface area is 160 Å². The third-order valence-corrected chi connectivity index (χ3v) is 3.59. The minimum absolute atomic E-state index is 0.0919. The van der Waals surface area contributed by atoms with Gasteiger partial charge in [-0.15, -0.1) is 0 Å². The summed E-state index contributed by atoms with van der Waals surface area (Å²) in [5, 5.41) is 6.20. The van der Waals surface area contributed by atoms with Crippen LogP contribution in [0, 0.1) is 5.82 Å². The van der Waals surface area contributed by atoms with Gasteiger partial charge in [0, 0.05) is 24.8 Å². The van der Waals surface area contributed by atoms with Gasteiger partial charge in [0.05, 0.1) is 6.54 Å². The van der Waals surface area contributed by atoms with Crippen LogP contribution in [0.25, 0.3) is 0 Å². The fourth-order valence-corrected chi connectivity index (χ4v) is 2.31. The van der Waals surface area contributed by atoms with Crippen LogP contribution in [0.1, 0.15) is 18.1 Å². The quantitative estimate of drug-likeness (QED) is 0.406. The van der Waals surface area contributed by atoms with E-state index in [1.165, 1.54) is 18.3 Å². The molecule has 5 nitrogen and oxygen atoms in total. The van der Waals surface area contributed by atoms with Gasteiger partial charge in [0.2, 0.25) is 5.88 Å². The summed E-state index contributed by atoms with van der Waals surface area (Å²) >= 11 is 0. The molecule has 9 heteroatoms. The Kier molecular flexibility index (Phi) is 8.03. The van der Waals surface area contributed by atoms with Crippen LogP contribution in [0.2, 0.25) is 0 Å². The van der Waals surface area contributed by atoms with Crippen LogP contribution < -0.4 is 15.4 Å². The van der Waals surface area contributed by atoms with Crippen molar-refractivity contribution in [3.8, 4) is 5.88 Å². The van der Waals surface area contributed by atoms with Crippen molar-refractivity contribution in [3.05, 3.63) is 59.5 Å². The van der Waals surface area contributed by atoms with E-state index >= 15 is 0 Å². The van der Waals surface area contributed by atoms with Crippen LogP contribution in [0.5, 0.6) is 5.88 Å². The number of nitrogens with zero attached hydrogens (tertiary/aromatic N) is 2. The minimum Gasteiger partial charge on any atom is -0.468 e. The number of alkyl halides is 3. The lowest BCUT2D eigenvalue weighted by Crippen LogP contribution is -2.38. The van der Waals surface area contributed by atoms with E-state index in [0.29, 0.717) is 31.0 Å². The van der Waals surface area contributed by atoms with Gasteiger partial charge in [0.15, 0.2) is 12.6 Å². The van der Waals surface area contributed by atoms with E-state index < -0.39 is 12.8 Å². The second-order valence-corrected chi connectivity index (χ2v) is 5.87. The van der Waals surface area contributed by atoms with Gasteiger partial charge >= 0.3 is 6.18 Å². The Morgan fingerprint density at radius 3 is 2.57 bits per heavy atom. The molecule has 0 fully saturated rings. The summed E-state index contributed by atoms with van der Waals surface area (Å²) in [6.07, 6.45) is -2.41. The van der Waals surface area contributed by atoms with Crippen molar-refractivity contribution in [1.82, 2.24) is 15.6 Å². The molecule has 152 valence electrons. The van der Waals surface area contributed by atoms with Crippen molar-refractivity contribution in [2.45, 2.75) is 26.1 Å². The molecule has 1 heterocycles. The summed E-state index contributed by atoms with van der Waals surface area (Å²) in [7, 11) is 0. The van der Waals surface area contributed by atoms with Crippen LogP contribution >= 0.6 is 0 Å². The van der Waals surface area contributed by atoms with Gasteiger partial charge in [-0.1, -0.05) is 18.2 Å². The Morgan fingerprint density at radius 1 is 1.14 bits per heavy atom. The van der Waals surface area contributed by atoms with E-state index in [4.69, 9.17) is 4.74 Å². The lowest BCUT2D eigenvalue weighted by atomic mass is 10.1. The molecule has 0 radical (unpaired) electrons. The highest BCUT2D eigenvalue weighted by atomic mass is 19.4. The fraction of sp³-hybridized carbons (Fsp3) is 0.368. The Morgan fingerprint density at radius 2 is 1.89 bits per heavy atom. The lowest BCUT2D eigenvalue weighted by Gasteiger charge is -2.13. The molecule has 0 amide bonds. The zero-order valence-electron chi connectivity index (χ0n) is 15.4. The second kappa shape index (κ2) is 10.5. The third-order valence-electron chi connectivity index (χ3n) is 3.59. The number of pyridine rings is 1. The van der Waals surface area contributed by atoms with Gasteiger partial charge in [0.1, 0.15) is 5.82 Å². The van der Waals surface area contributed by atoms with Crippen molar-refractivity contribution >= 4 is 5.96 Å². The van der Waals surface area contributed by atoms with Crippen molar-refractivity contribution in [1.29, 1.82) is 0 Å². The molecule has 2 N–H and O–H groups in total. The smallest absolute Gasteiger partial charge is 0.422 e. The van der Waals surface area contributed by atoms with E-state index in [1.54, 1.807) is 24.3 Å². The molecule has 0 aliphatic carbocycles. The van der Waals surface area contributed by atoms with Crippen LogP contribution in [0.15, 0.2) is 47.6 Å². The number of aliphatic imine (C=N–C) groups is 1. The molecule has 1 aromatic heterocycles. The molecular formula is C19H22F4N4O. The number of hydrogen-bond acceptors (Lipinski definition) is 3. The van der Waals surface area contributed by atoms with E-state index in [0.717, 1.165) is 5.56 Å². The highest BCUT2D eigenvalue weighted by Gasteiger charge is 2.29. The molecule has 2 rings (SSSR count). The summed E-state index contributed by atoms with van der Waals surface area (Å²) in [5.74, 6) is 0.132. The van der Waals surface area contributed by atoms with Crippen molar-refractivity contribution < 1.29 is 22.3 Å². The maximum absolute atomic E-state index is 12.9. The predicted molar refractivity (Wildman–Crippen MR) is 98.7 cm³/mol. The van der Waals surface area contributed by atoms with Crippen molar-refractivity contribution in [3.63, 3.8) is 0 Å². The van der Waals surface area contributed by atoms with E-state index in [1.807, 2.05) is 6.92 Å². The third kappa shape index (κ3) is 7.81. The molecule has 0 saturated carbocycles. The lowest BCUT2D eigenvalue weighted by molar-refractivity contribution is -0.154. The van der Waals surface area contributed by atoms with Gasteiger partial charge in [-0.2, -0.15) is 13.2 Å². The standard InChI is InChI=1S/C19H22F4N4O/c1-2-24-18(26-11-9-14-5-7-16(20)8-6-14)27-12-15-4-3-10-25-17(15)28-13-19(21,22)23/h3-8,10H,2,9,11-13H2,1H3,(H2,24,26,27). The summed E-state index contributed by atoms with van der Waals surface area (Å²) in [4.78, 5) is 8.22. The van der Waals surface area contributed by atoms with Crippen LogP contribution in [-0.4, -0.2) is 36.8 Å². The maximum atomic E-state index is 12.9. The summed E-state index contributed by atoms with van der Waals surface area (Å²) < 4.78 is 54.8. The first-order chi connectivity index (χ1) is 13.4. The number of halogens is 4. The highest BCUT2D eigenvalue weighted by Crippen LogP contribution is 2.20. The average molecular weight is 398 g/mol. The summed E-state index contributed by atoms with van der Waals surface area (Å²) in [6, 6.07) is 9.45. The number of nitrogens with one attached hydrogen (secondary N) is 2. The molecule has 0 bridgehead atoms. The SMILES string of the molecule is CCNC(=NCc1cccnc1OCC(F)(F)F)NCCc1ccc(F)cc1. The molecule has 2 aromatic rings. The van der Waals surface area contributed by atoms with E-state index in [-0.39, 0.29) is 18.2 Å². The first-order valence-corrected chi connectivity index (χ1v) is 8.77. The summed E-state index contributed by atoms with van der Waals surface area (Å²) in [6.45, 7) is 1.78. The molecule has 1 aromatic carbocycles. The normalized spacial score (nSPS) is 12.0. The van der Waals surface area contributed by atoms with Crippen molar-refractivity contribution in [2.75, 3.05) is 19.7 Å². The van der Waals surface area contributed by atoms with Gasteiger partial charge in [-0.05, 0) is 37.1 Å². The van der Waals surface area contributed by atoms with Gasteiger partial charge in [-0.25, -0.2) is 14.4 Å². The molecule has 0 aliphatic rings. The topological polar surface area (TPSA) is 58.5 Å². The Hall–Kier alpha value is -2.84. The first-order valence-electron chi connectivity index (χ1n) is 8.77. The van der Waals surface area contributed by atoms with Crippen LogP contribution in [-0.2, 0) is 13.0 Å². The monoisotopic (exact) mass is 398 g/mol. The number of benzene rings is 1. The molecule has 0 atom stereocenters. The van der Waals surface area contributed by atoms with E-state index in [2.05, 4.69) is 20.6 Å². The number of rotatable bonds is 8. The second-order valence-electron chi connectivity index (χ2n) is 5.87. The zero-order valence-corrected chi connectivity index (χ0v) is 15.4. The molecule has 0 unspecified atom stereocenters. The zero-order chi connectivity index (χ0) is 20.4. The molecule has 0 spiro atoms. The molecule has 0 saturated heterocycles. The van der Waals surface area contributed by atoms with Crippen LogP contribution in [0.4, 0.5) is 17.6 Å². The number of ether oxygens (including phenoxy) is 1. The number of guanidine groups is 1. The number of aromatic nitrogens is 1. The van der Waals surface area contributed by atoms with Gasteiger partial charge in [-0.3, -0.25) is 0 Å². The van der Waals surface area contributed by atoms with Crippen molar-refractivity contribution in [2.24, 2.45) is 4.99 Å². The van der Waals surface area contributed by atoms with Crippen LogP contribution in [0.3, 0.4) is 0 Å². The maximum Gasteiger partial charge on any atom is 0.422 e. The Balaban J connectivity index is 1.95. The largest absolute Gasteiger partial charge is 0.468 e. The molecule has 28 heavy (non-hydrogen) atoms. The highest BCUT2D eigenvalue weighted by molar-refractivity contribution is 5.79. The van der Waals surface area contributed by atoms with Gasteiger partial charge < -0.3 is 15.4 Å². The Bertz CT molecular complexity index is 763. The fourth-order valence-electron chi connectivity index (χ4n) is 2.31. The predicted octanol–water partition coefficient (Wildman–Crippen LogP) is 3.46. The molecular weight excluding hydrogens is 376 g/mol. The van der Waals surface area contributed by atoms with Gasteiger partial charge in [0.25, 0.3) is 0 Å².